The maximum absolute atomic E-state index is 12.3. The molecule has 0 aromatic heterocycles. The van der Waals surface area contributed by atoms with E-state index in [0.717, 1.165) is 10.6 Å². The molecule has 2 aromatic rings. The summed E-state index contributed by atoms with van der Waals surface area (Å²) in [7, 11) is 0. The summed E-state index contributed by atoms with van der Waals surface area (Å²) in [5, 5.41) is 12.4. The smallest absolute Gasteiger partial charge is 0.294 e. The van der Waals surface area contributed by atoms with Gasteiger partial charge in [-0.2, -0.15) is 0 Å². The summed E-state index contributed by atoms with van der Waals surface area (Å²) in [4.78, 5) is 40.9. The number of carbonyl (C=O) groups is 2. The maximum Gasteiger partial charge on any atom is 0.294 e. The lowest BCUT2D eigenvalue weighted by molar-refractivity contribution is -0.384. The molecule has 2 heterocycles. The number of hydrogen-bond donors (Lipinski definition) is 0. The van der Waals surface area contributed by atoms with Gasteiger partial charge in [0, 0.05) is 44.6 Å². The van der Waals surface area contributed by atoms with Crippen LogP contribution in [-0.2, 0) is 9.59 Å². The number of imide groups is 1. The first-order chi connectivity index (χ1) is 14.4. The molecule has 0 aliphatic carbocycles. The van der Waals surface area contributed by atoms with Crippen LogP contribution >= 0.6 is 11.6 Å². The number of rotatable bonds is 4. The number of para-hydroxylation sites is 1. The van der Waals surface area contributed by atoms with Gasteiger partial charge in [-0.05, 0) is 24.3 Å². The zero-order valence-corrected chi connectivity index (χ0v) is 17.2. The molecule has 2 aliphatic rings. The zero-order valence-electron chi connectivity index (χ0n) is 16.5. The molecule has 4 rings (SSSR count). The van der Waals surface area contributed by atoms with Gasteiger partial charge < -0.3 is 9.80 Å². The molecule has 9 heteroatoms. The number of nitro groups is 1. The van der Waals surface area contributed by atoms with Crippen molar-refractivity contribution in [3.05, 3.63) is 57.6 Å². The van der Waals surface area contributed by atoms with Crippen LogP contribution in [-0.4, -0.2) is 42.9 Å². The van der Waals surface area contributed by atoms with Crippen LogP contribution in [0.1, 0.15) is 13.3 Å². The Hall–Kier alpha value is -3.13. The maximum atomic E-state index is 12.3. The highest BCUT2D eigenvalue weighted by molar-refractivity contribution is 6.33. The van der Waals surface area contributed by atoms with Crippen molar-refractivity contribution in [2.75, 3.05) is 40.9 Å². The van der Waals surface area contributed by atoms with Gasteiger partial charge in [-0.1, -0.05) is 30.7 Å². The predicted octanol–water partition coefficient (Wildman–Crippen LogP) is 3.47. The molecule has 0 radical (unpaired) electrons. The van der Waals surface area contributed by atoms with E-state index in [-0.39, 0.29) is 29.6 Å². The van der Waals surface area contributed by atoms with Gasteiger partial charge in [0.15, 0.2) is 0 Å². The fourth-order valence-electron chi connectivity index (χ4n) is 4.02. The number of amides is 2. The molecule has 0 N–H and O–H groups in total. The van der Waals surface area contributed by atoms with Gasteiger partial charge in [0.05, 0.1) is 21.3 Å². The van der Waals surface area contributed by atoms with E-state index in [1.807, 2.05) is 29.2 Å². The van der Waals surface area contributed by atoms with Crippen LogP contribution in [0.4, 0.5) is 22.7 Å². The van der Waals surface area contributed by atoms with Gasteiger partial charge in [-0.15, -0.1) is 0 Å². The largest absolute Gasteiger partial charge is 0.367 e. The summed E-state index contributed by atoms with van der Waals surface area (Å²) < 4.78 is 0. The number of anilines is 3. The molecule has 0 spiro atoms. The van der Waals surface area contributed by atoms with Gasteiger partial charge in [-0.3, -0.25) is 24.6 Å². The van der Waals surface area contributed by atoms with Gasteiger partial charge in [0.2, 0.25) is 11.8 Å². The van der Waals surface area contributed by atoms with Crippen molar-refractivity contribution in [1.29, 1.82) is 0 Å². The minimum absolute atomic E-state index is 0.112. The van der Waals surface area contributed by atoms with Crippen LogP contribution in [0.15, 0.2) is 42.5 Å². The van der Waals surface area contributed by atoms with E-state index in [1.165, 1.54) is 6.07 Å². The molecule has 156 valence electrons. The third-order valence-corrected chi connectivity index (χ3v) is 5.92. The van der Waals surface area contributed by atoms with Crippen molar-refractivity contribution in [3.8, 4) is 0 Å². The second-order valence-electron chi connectivity index (χ2n) is 7.53. The van der Waals surface area contributed by atoms with E-state index in [4.69, 9.17) is 11.6 Å². The topological polar surface area (TPSA) is 87.0 Å². The monoisotopic (exact) mass is 428 g/mol. The molecule has 1 unspecified atom stereocenters. The SMILES string of the molecule is CC1CC(=O)N(c2ccc(N3CCN(c4ccccc4Cl)CC3)c([N+](=O)[O-])c2)C1=O. The number of piperazine rings is 1. The van der Waals surface area contributed by atoms with E-state index in [2.05, 4.69) is 4.90 Å². The first-order valence-corrected chi connectivity index (χ1v) is 10.1. The molecule has 0 saturated carbocycles. The van der Waals surface area contributed by atoms with Crippen LogP contribution in [0.5, 0.6) is 0 Å². The number of carbonyl (C=O) groups excluding carboxylic acids is 2. The summed E-state index contributed by atoms with van der Waals surface area (Å²) in [6, 6.07) is 12.2. The third kappa shape index (κ3) is 3.59. The lowest BCUT2D eigenvalue weighted by Crippen LogP contribution is -2.46. The Morgan fingerprint density at radius 3 is 2.20 bits per heavy atom. The van der Waals surface area contributed by atoms with Gasteiger partial charge in [-0.25, -0.2) is 0 Å². The van der Waals surface area contributed by atoms with Crippen LogP contribution in [0, 0.1) is 16.0 Å². The molecule has 2 aromatic carbocycles. The minimum atomic E-state index is -0.465. The van der Waals surface area contributed by atoms with Crippen molar-refractivity contribution in [2.24, 2.45) is 5.92 Å². The number of benzene rings is 2. The van der Waals surface area contributed by atoms with Crippen molar-refractivity contribution in [2.45, 2.75) is 13.3 Å². The van der Waals surface area contributed by atoms with Crippen molar-refractivity contribution in [1.82, 2.24) is 0 Å². The number of hydrogen-bond acceptors (Lipinski definition) is 6. The van der Waals surface area contributed by atoms with Gasteiger partial charge in [0.1, 0.15) is 5.69 Å². The number of nitrogens with zero attached hydrogens (tertiary/aromatic N) is 4. The Morgan fingerprint density at radius 1 is 1.00 bits per heavy atom. The molecular weight excluding hydrogens is 408 g/mol. The first-order valence-electron chi connectivity index (χ1n) is 9.76. The molecule has 2 aliphatic heterocycles. The second kappa shape index (κ2) is 7.95. The normalized spacial score (nSPS) is 19.5. The molecule has 8 nitrogen and oxygen atoms in total. The molecule has 1 atom stereocenters. The van der Waals surface area contributed by atoms with Gasteiger partial charge >= 0.3 is 0 Å². The van der Waals surface area contributed by atoms with Crippen molar-refractivity contribution >= 4 is 46.2 Å². The van der Waals surface area contributed by atoms with Crippen LogP contribution in [0.25, 0.3) is 0 Å². The minimum Gasteiger partial charge on any atom is -0.367 e. The summed E-state index contributed by atoms with van der Waals surface area (Å²) >= 11 is 6.29. The molecule has 2 fully saturated rings. The number of nitro benzene ring substituents is 1. The summed E-state index contributed by atoms with van der Waals surface area (Å²) in [5.41, 5.74) is 1.57. The molecule has 2 amide bonds. The highest BCUT2D eigenvalue weighted by Crippen LogP contribution is 2.36. The average molecular weight is 429 g/mol. The standard InChI is InChI=1S/C21H21ClN4O4/c1-14-12-20(27)25(21(14)28)15-6-7-18(19(13-15)26(29)30)24-10-8-23(9-11-24)17-5-3-2-4-16(17)22/h2-7,13-14H,8-12H2,1H3. The Labute approximate surface area is 178 Å². The summed E-state index contributed by atoms with van der Waals surface area (Å²) in [6.45, 7) is 4.20. The molecular formula is C21H21ClN4O4. The fourth-order valence-corrected chi connectivity index (χ4v) is 4.27. The Balaban J connectivity index is 1.56. The van der Waals surface area contributed by atoms with Crippen LogP contribution in [0.2, 0.25) is 5.02 Å². The van der Waals surface area contributed by atoms with Crippen molar-refractivity contribution in [3.63, 3.8) is 0 Å². The van der Waals surface area contributed by atoms with E-state index < -0.39 is 10.8 Å². The highest BCUT2D eigenvalue weighted by Gasteiger charge is 2.37. The van der Waals surface area contributed by atoms with E-state index in [1.54, 1.807) is 19.1 Å². The fraction of sp³-hybridized carbons (Fsp3) is 0.333. The lowest BCUT2D eigenvalue weighted by Gasteiger charge is -2.37. The van der Waals surface area contributed by atoms with Crippen molar-refractivity contribution < 1.29 is 14.5 Å². The second-order valence-corrected chi connectivity index (χ2v) is 7.94. The Morgan fingerprint density at radius 2 is 1.63 bits per heavy atom. The quantitative estimate of drug-likeness (QED) is 0.421. The zero-order chi connectivity index (χ0) is 21.4. The highest BCUT2D eigenvalue weighted by atomic mass is 35.5. The first kappa shape index (κ1) is 20.2. The Kier molecular flexibility index (Phi) is 5.34. The third-order valence-electron chi connectivity index (χ3n) is 5.60. The van der Waals surface area contributed by atoms with E-state index in [0.29, 0.717) is 36.9 Å². The molecule has 2 saturated heterocycles. The Bertz CT molecular complexity index is 1020. The van der Waals surface area contributed by atoms with E-state index >= 15 is 0 Å². The molecule has 0 bridgehead atoms. The average Bonchev–Trinajstić information content (AvgIpc) is 2.99. The lowest BCUT2D eigenvalue weighted by atomic mass is 10.1. The molecule has 30 heavy (non-hydrogen) atoms. The van der Waals surface area contributed by atoms with E-state index in [9.17, 15) is 19.7 Å². The van der Waals surface area contributed by atoms with Crippen LogP contribution in [0.3, 0.4) is 0 Å². The summed E-state index contributed by atoms with van der Waals surface area (Å²) in [6.07, 6.45) is 0.123. The van der Waals surface area contributed by atoms with Gasteiger partial charge in [0.25, 0.3) is 5.69 Å². The predicted molar refractivity (Wildman–Crippen MR) is 115 cm³/mol. The number of halogens is 1. The summed E-state index contributed by atoms with van der Waals surface area (Å²) in [5.74, 6) is -1.06. The van der Waals surface area contributed by atoms with Crippen LogP contribution < -0.4 is 14.7 Å².